The van der Waals surface area contributed by atoms with Crippen LogP contribution in [0.25, 0.3) is 0 Å². The molecular weight excluding hydrogens is 316 g/mol. The van der Waals surface area contributed by atoms with Gasteiger partial charge in [0.1, 0.15) is 5.75 Å². The molecular formula is C21H26O4. The van der Waals surface area contributed by atoms with E-state index < -0.39 is 5.97 Å². The van der Waals surface area contributed by atoms with Gasteiger partial charge in [0.05, 0.1) is 12.2 Å². The van der Waals surface area contributed by atoms with E-state index in [1.807, 2.05) is 24.3 Å². The van der Waals surface area contributed by atoms with Crippen LogP contribution in [0.4, 0.5) is 0 Å². The minimum absolute atomic E-state index is 0.0177. The maximum atomic E-state index is 10.9. The number of rotatable bonds is 4. The van der Waals surface area contributed by atoms with Crippen LogP contribution in [0.5, 0.6) is 5.75 Å². The lowest BCUT2D eigenvalue weighted by molar-refractivity contribution is -0.139. The Kier molecular flexibility index (Phi) is 4.80. The molecule has 2 aliphatic carbocycles. The zero-order valence-corrected chi connectivity index (χ0v) is 14.5. The molecule has 4 heteroatoms. The third kappa shape index (κ3) is 3.32. The Labute approximate surface area is 148 Å². The van der Waals surface area contributed by atoms with Crippen LogP contribution in [0.15, 0.2) is 35.9 Å². The Morgan fingerprint density at radius 3 is 2.80 bits per heavy atom. The van der Waals surface area contributed by atoms with Crippen LogP contribution >= 0.6 is 0 Å². The van der Waals surface area contributed by atoms with Gasteiger partial charge in [-0.15, -0.1) is 0 Å². The van der Waals surface area contributed by atoms with Gasteiger partial charge in [0, 0.05) is 17.4 Å². The second-order valence-corrected chi connectivity index (χ2v) is 7.45. The number of hydrogen-bond donors (Lipinski definition) is 1. The Morgan fingerprint density at radius 2 is 1.92 bits per heavy atom. The van der Waals surface area contributed by atoms with Crippen molar-refractivity contribution in [3.8, 4) is 5.75 Å². The Hall–Kier alpha value is -1.81. The van der Waals surface area contributed by atoms with Crippen molar-refractivity contribution in [3.63, 3.8) is 0 Å². The number of carboxylic acid groups (broad SMARTS) is 1. The molecule has 1 heterocycles. The van der Waals surface area contributed by atoms with Crippen LogP contribution in [-0.4, -0.2) is 23.8 Å². The SMILES string of the molecule is O=C(O)COc1ccccc1[C@@H]1O[C@@H]2CCCC[C@@H]2C2=CCCC[C@@H]21. The van der Waals surface area contributed by atoms with Gasteiger partial charge in [-0.2, -0.15) is 0 Å². The van der Waals surface area contributed by atoms with E-state index in [0.29, 0.717) is 23.7 Å². The largest absolute Gasteiger partial charge is 0.482 e. The van der Waals surface area contributed by atoms with Crippen molar-refractivity contribution in [2.75, 3.05) is 6.61 Å². The normalized spacial score (nSPS) is 31.4. The number of ether oxygens (including phenoxy) is 2. The molecule has 0 aromatic heterocycles. The van der Waals surface area contributed by atoms with Gasteiger partial charge in [0.15, 0.2) is 6.61 Å². The van der Waals surface area contributed by atoms with Gasteiger partial charge in [0.25, 0.3) is 0 Å². The summed E-state index contributed by atoms with van der Waals surface area (Å²) in [4.78, 5) is 10.9. The lowest BCUT2D eigenvalue weighted by Gasteiger charge is -2.47. The number of hydrogen-bond acceptors (Lipinski definition) is 3. The van der Waals surface area contributed by atoms with Crippen LogP contribution in [0, 0.1) is 11.8 Å². The molecule has 134 valence electrons. The summed E-state index contributed by atoms with van der Waals surface area (Å²) >= 11 is 0. The van der Waals surface area contributed by atoms with Gasteiger partial charge in [-0.05, 0) is 38.2 Å². The van der Waals surface area contributed by atoms with E-state index in [1.54, 1.807) is 5.57 Å². The molecule has 1 N–H and O–H groups in total. The summed E-state index contributed by atoms with van der Waals surface area (Å²) in [6.07, 6.45) is 11.2. The molecule has 1 saturated carbocycles. The quantitative estimate of drug-likeness (QED) is 0.818. The van der Waals surface area contributed by atoms with Gasteiger partial charge < -0.3 is 14.6 Å². The summed E-state index contributed by atoms with van der Waals surface area (Å²) in [5.74, 6) is 0.684. The summed E-state index contributed by atoms with van der Waals surface area (Å²) in [6.45, 7) is -0.316. The third-order valence-corrected chi connectivity index (χ3v) is 5.92. The summed E-state index contributed by atoms with van der Waals surface area (Å²) in [5, 5.41) is 8.95. The highest BCUT2D eigenvalue weighted by Crippen LogP contribution is 2.52. The maximum Gasteiger partial charge on any atom is 0.341 e. The molecule has 2 fully saturated rings. The highest BCUT2D eigenvalue weighted by atomic mass is 16.5. The molecule has 25 heavy (non-hydrogen) atoms. The van der Waals surface area contributed by atoms with Crippen molar-refractivity contribution < 1.29 is 19.4 Å². The second kappa shape index (κ2) is 7.20. The second-order valence-electron chi connectivity index (χ2n) is 7.45. The van der Waals surface area contributed by atoms with Gasteiger partial charge >= 0.3 is 5.97 Å². The molecule has 1 saturated heterocycles. The Bertz CT molecular complexity index is 666. The van der Waals surface area contributed by atoms with E-state index in [9.17, 15) is 4.79 Å². The number of aliphatic carboxylic acids is 1. The summed E-state index contributed by atoms with van der Waals surface area (Å²) in [5.41, 5.74) is 2.60. The maximum absolute atomic E-state index is 10.9. The summed E-state index contributed by atoms with van der Waals surface area (Å²) < 4.78 is 12.2. The zero-order chi connectivity index (χ0) is 17.2. The topological polar surface area (TPSA) is 55.8 Å². The molecule has 0 bridgehead atoms. The number of allylic oxidation sites excluding steroid dienone is 1. The van der Waals surface area contributed by atoms with Crippen molar-refractivity contribution in [3.05, 3.63) is 41.5 Å². The van der Waals surface area contributed by atoms with Crippen molar-refractivity contribution in [1.82, 2.24) is 0 Å². The van der Waals surface area contributed by atoms with Crippen LogP contribution in [0.1, 0.15) is 56.6 Å². The Morgan fingerprint density at radius 1 is 1.12 bits per heavy atom. The van der Waals surface area contributed by atoms with E-state index in [0.717, 1.165) is 18.4 Å². The van der Waals surface area contributed by atoms with Crippen molar-refractivity contribution in [2.45, 2.75) is 57.2 Å². The fourth-order valence-corrected chi connectivity index (χ4v) is 4.88. The first-order valence-electron chi connectivity index (χ1n) is 9.53. The molecule has 0 unspecified atom stereocenters. The number of para-hydroxylation sites is 1. The van der Waals surface area contributed by atoms with Crippen LogP contribution in [0.2, 0.25) is 0 Å². The number of benzene rings is 1. The predicted molar refractivity (Wildman–Crippen MR) is 94.6 cm³/mol. The highest BCUT2D eigenvalue weighted by Gasteiger charge is 2.44. The van der Waals surface area contributed by atoms with Crippen LogP contribution in [-0.2, 0) is 9.53 Å². The molecule has 0 radical (unpaired) electrons. The smallest absolute Gasteiger partial charge is 0.341 e. The first kappa shape index (κ1) is 16.6. The first-order chi connectivity index (χ1) is 12.2. The number of carboxylic acids is 1. The lowest BCUT2D eigenvalue weighted by atomic mass is 9.68. The summed E-state index contributed by atoms with van der Waals surface area (Å²) in [6, 6.07) is 7.79. The summed E-state index contributed by atoms with van der Waals surface area (Å²) in [7, 11) is 0. The molecule has 1 aliphatic heterocycles. The molecule has 4 rings (SSSR count). The minimum atomic E-state index is -0.954. The zero-order valence-electron chi connectivity index (χ0n) is 14.5. The van der Waals surface area contributed by atoms with Gasteiger partial charge in [-0.1, -0.05) is 42.7 Å². The molecule has 0 spiro atoms. The number of carbonyl (C=O) groups is 1. The number of fused-ring (bicyclic) bond motifs is 3. The molecule has 3 aliphatic rings. The van der Waals surface area contributed by atoms with Crippen LogP contribution < -0.4 is 4.74 Å². The van der Waals surface area contributed by atoms with Gasteiger partial charge in [-0.3, -0.25) is 0 Å². The average Bonchev–Trinajstić information content (AvgIpc) is 2.66. The predicted octanol–water partition coefficient (Wildman–Crippen LogP) is 4.51. The van der Waals surface area contributed by atoms with Crippen molar-refractivity contribution >= 4 is 5.97 Å². The minimum Gasteiger partial charge on any atom is -0.482 e. The highest BCUT2D eigenvalue weighted by molar-refractivity contribution is 5.68. The molecule has 0 amide bonds. The van der Waals surface area contributed by atoms with E-state index >= 15 is 0 Å². The fourth-order valence-electron chi connectivity index (χ4n) is 4.88. The van der Waals surface area contributed by atoms with E-state index in [4.69, 9.17) is 14.6 Å². The van der Waals surface area contributed by atoms with E-state index in [1.165, 1.54) is 32.1 Å². The van der Waals surface area contributed by atoms with Gasteiger partial charge in [0.2, 0.25) is 0 Å². The van der Waals surface area contributed by atoms with Crippen molar-refractivity contribution in [1.29, 1.82) is 0 Å². The molecule has 1 aromatic carbocycles. The lowest BCUT2D eigenvalue weighted by Crippen LogP contribution is -2.41. The van der Waals surface area contributed by atoms with Crippen LogP contribution in [0.3, 0.4) is 0 Å². The first-order valence-corrected chi connectivity index (χ1v) is 9.53. The van der Waals surface area contributed by atoms with Crippen molar-refractivity contribution in [2.24, 2.45) is 11.8 Å². The fraction of sp³-hybridized carbons (Fsp3) is 0.571. The molecule has 1 aromatic rings. The van der Waals surface area contributed by atoms with Gasteiger partial charge in [-0.25, -0.2) is 4.79 Å². The third-order valence-electron chi connectivity index (χ3n) is 5.92. The van der Waals surface area contributed by atoms with E-state index in [-0.39, 0.29) is 12.7 Å². The standard InChI is InChI=1S/C21H26O4/c22-20(23)13-24-18-11-5-4-10-17(18)21-16-9-2-1-7-14(16)15-8-3-6-12-19(15)25-21/h4-5,7,10-11,15-16,19,21H,1-3,6,8-9,12-13H2,(H,22,23)/t15-,16+,19-,21-/m1/s1. The monoisotopic (exact) mass is 342 g/mol. The molecule has 4 nitrogen and oxygen atoms in total. The Balaban J connectivity index is 1.66. The average molecular weight is 342 g/mol. The molecule has 4 atom stereocenters. The van der Waals surface area contributed by atoms with E-state index in [2.05, 4.69) is 6.08 Å².